The number of esters is 1. The molecule has 0 aliphatic heterocycles. The number of hydrogen-bond acceptors (Lipinski definition) is 4. The van der Waals surface area contributed by atoms with Gasteiger partial charge in [-0.2, -0.15) is 0 Å². The number of aliphatic carboxylic acids is 1. The average Bonchev–Trinajstić information content (AvgIpc) is 3.13. The minimum atomic E-state index is -1.03. The first-order valence-corrected chi connectivity index (χ1v) is 20.0. The highest BCUT2D eigenvalue weighted by Crippen LogP contribution is 2.13. The zero-order chi connectivity index (χ0) is 38.0. The Labute approximate surface area is 317 Å². The molecular formula is C46H71NO5. The molecule has 290 valence electrons. The van der Waals surface area contributed by atoms with Crippen molar-refractivity contribution < 1.29 is 24.2 Å². The van der Waals surface area contributed by atoms with E-state index in [0.29, 0.717) is 19.3 Å². The maximum absolute atomic E-state index is 12.7. The van der Waals surface area contributed by atoms with Crippen molar-refractivity contribution in [1.29, 1.82) is 0 Å². The van der Waals surface area contributed by atoms with Crippen LogP contribution in [0.15, 0.2) is 109 Å². The van der Waals surface area contributed by atoms with Crippen LogP contribution in [0.3, 0.4) is 0 Å². The maximum atomic E-state index is 12.7. The fourth-order valence-corrected chi connectivity index (χ4v) is 4.99. The summed E-state index contributed by atoms with van der Waals surface area (Å²) in [6.07, 6.45) is 57.9. The van der Waals surface area contributed by atoms with E-state index in [4.69, 9.17) is 9.84 Å². The molecular weight excluding hydrogens is 647 g/mol. The third kappa shape index (κ3) is 38.9. The second-order valence-corrected chi connectivity index (χ2v) is 12.8. The molecule has 1 unspecified atom stereocenters. The van der Waals surface area contributed by atoms with Gasteiger partial charge in [-0.25, -0.2) is 0 Å². The minimum absolute atomic E-state index is 0.176. The van der Waals surface area contributed by atoms with Crippen molar-refractivity contribution >= 4 is 17.8 Å². The fraction of sp³-hybridized carbons (Fsp3) is 0.543. The number of nitrogens with one attached hydrogen (secondary N) is 1. The van der Waals surface area contributed by atoms with Crippen molar-refractivity contribution in [2.45, 2.75) is 155 Å². The van der Waals surface area contributed by atoms with E-state index in [1.165, 1.54) is 19.3 Å². The zero-order valence-corrected chi connectivity index (χ0v) is 32.6. The van der Waals surface area contributed by atoms with Crippen LogP contribution in [0.2, 0.25) is 0 Å². The number of carbonyl (C=O) groups is 3. The summed E-state index contributed by atoms with van der Waals surface area (Å²) in [5, 5.41) is 11.1. The molecule has 52 heavy (non-hydrogen) atoms. The molecule has 6 heteroatoms. The first-order valence-electron chi connectivity index (χ1n) is 20.0. The second-order valence-electron chi connectivity index (χ2n) is 12.8. The molecule has 1 atom stereocenters. The monoisotopic (exact) mass is 718 g/mol. The Bertz CT molecular complexity index is 1150. The Morgan fingerprint density at radius 2 is 1.02 bits per heavy atom. The summed E-state index contributed by atoms with van der Waals surface area (Å²) in [6, 6.07) is 0. The number of amides is 1. The summed E-state index contributed by atoms with van der Waals surface area (Å²) >= 11 is 0. The van der Waals surface area contributed by atoms with Crippen LogP contribution in [0, 0.1) is 0 Å². The van der Waals surface area contributed by atoms with Gasteiger partial charge in [0.1, 0.15) is 12.6 Å². The molecule has 0 saturated heterocycles. The predicted octanol–water partition coefficient (Wildman–Crippen LogP) is 12.3. The highest BCUT2D eigenvalue weighted by atomic mass is 16.5. The number of allylic oxidation sites excluding steroid dienone is 17. The van der Waals surface area contributed by atoms with E-state index >= 15 is 0 Å². The van der Waals surface area contributed by atoms with E-state index in [-0.39, 0.29) is 24.5 Å². The Morgan fingerprint density at radius 3 is 1.56 bits per heavy atom. The van der Waals surface area contributed by atoms with Crippen LogP contribution in [0.25, 0.3) is 0 Å². The number of unbranched alkanes of at least 4 members (excludes halogenated alkanes) is 7. The first-order chi connectivity index (χ1) is 25.5. The lowest BCUT2D eigenvalue weighted by molar-refractivity contribution is -0.147. The summed E-state index contributed by atoms with van der Waals surface area (Å²) in [7, 11) is 0. The van der Waals surface area contributed by atoms with Crippen molar-refractivity contribution in [2.24, 2.45) is 0 Å². The Kier molecular flexibility index (Phi) is 36.8. The lowest BCUT2D eigenvalue weighted by Crippen LogP contribution is -2.28. The number of carbonyl (C=O) groups excluding carboxylic acids is 2. The minimum Gasteiger partial charge on any atom is -0.480 e. The summed E-state index contributed by atoms with van der Waals surface area (Å²) in [4.78, 5) is 34.9. The number of rotatable bonds is 34. The van der Waals surface area contributed by atoms with Crippen LogP contribution in [0.4, 0.5) is 0 Å². The van der Waals surface area contributed by atoms with Crippen molar-refractivity contribution in [2.75, 3.05) is 6.54 Å². The molecule has 0 rings (SSSR count). The quantitative estimate of drug-likeness (QED) is 0.0393. The second kappa shape index (κ2) is 39.8. The molecule has 0 aromatic heterocycles. The molecule has 0 aromatic carbocycles. The summed E-state index contributed by atoms with van der Waals surface area (Å²) in [5.74, 6) is -1.43. The van der Waals surface area contributed by atoms with Crippen LogP contribution >= 0.6 is 0 Å². The molecule has 0 aliphatic carbocycles. The molecule has 0 radical (unpaired) electrons. The fourth-order valence-electron chi connectivity index (χ4n) is 4.99. The molecule has 0 fully saturated rings. The van der Waals surface area contributed by atoms with E-state index in [9.17, 15) is 14.4 Å². The van der Waals surface area contributed by atoms with Gasteiger partial charge >= 0.3 is 11.9 Å². The van der Waals surface area contributed by atoms with Gasteiger partial charge < -0.3 is 15.2 Å². The Morgan fingerprint density at radius 1 is 0.538 bits per heavy atom. The number of carboxylic acid groups (broad SMARTS) is 1. The van der Waals surface area contributed by atoms with Gasteiger partial charge in [0.25, 0.3) is 0 Å². The number of carboxylic acids is 1. The molecule has 2 N–H and O–H groups in total. The maximum Gasteiger partial charge on any atom is 0.322 e. The average molecular weight is 718 g/mol. The van der Waals surface area contributed by atoms with Gasteiger partial charge in [-0.05, 0) is 96.0 Å². The van der Waals surface area contributed by atoms with Gasteiger partial charge in [-0.3, -0.25) is 14.4 Å². The molecule has 1 amide bonds. The highest BCUT2D eigenvalue weighted by Gasteiger charge is 2.11. The van der Waals surface area contributed by atoms with Gasteiger partial charge in [0.15, 0.2) is 0 Å². The highest BCUT2D eigenvalue weighted by molar-refractivity contribution is 5.80. The van der Waals surface area contributed by atoms with E-state index in [2.05, 4.69) is 122 Å². The summed E-state index contributed by atoms with van der Waals surface area (Å²) < 4.78 is 5.86. The standard InChI is InChI=1S/C46H71NO5/c1-3-5-7-9-11-13-15-16-17-18-19-20-21-22-24-26-28-33-37-41-46(51)52-43(38-34-30-27-25-23-14-12-10-8-6-4-2)39-35-31-29-32-36-40-44(48)47-42-45(49)50/h5,7,11-14,16-17,19-20,22,24-25,27-28,33-34,38,43H,3-4,6,8-10,15,18,21,23,26,29-32,35-37,39-42H2,1-2H3,(H,47,48)(H,49,50)/b7-5-,13-11-,14-12-,17-16-,20-19-,24-22-,27-25-,33-28-,38-34-. The van der Waals surface area contributed by atoms with Crippen LogP contribution in [0.5, 0.6) is 0 Å². The van der Waals surface area contributed by atoms with Crippen molar-refractivity contribution in [3.05, 3.63) is 109 Å². The normalized spacial score (nSPS) is 13.3. The van der Waals surface area contributed by atoms with Crippen molar-refractivity contribution in [1.82, 2.24) is 5.32 Å². The van der Waals surface area contributed by atoms with Crippen molar-refractivity contribution in [3.63, 3.8) is 0 Å². The van der Waals surface area contributed by atoms with E-state index in [1.807, 2.05) is 6.08 Å². The molecule has 0 aromatic rings. The molecule has 0 saturated carbocycles. The van der Waals surface area contributed by atoms with E-state index in [0.717, 1.165) is 96.3 Å². The smallest absolute Gasteiger partial charge is 0.322 e. The Balaban J connectivity index is 4.45. The van der Waals surface area contributed by atoms with Crippen LogP contribution < -0.4 is 5.32 Å². The van der Waals surface area contributed by atoms with Crippen LogP contribution in [0.1, 0.15) is 149 Å². The predicted molar refractivity (Wildman–Crippen MR) is 221 cm³/mol. The lowest BCUT2D eigenvalue weighted by Gasteiger charge is -2.14. The van der Waals surface area contributed by atoms with Gasteiger partial charge in [0, 0.05) is 12.8 Å². The van der Waals surface area contributed by atoms with Crippen molar-refractivity contribution in [3.8, 4) is 0 Å². The van der Waals surface area contributed by atoms with Crippen LogP contribution in [-0.2, 0) is 19.1 Å². The van der Waals surface area contributed by atoms with Gasteiger partial charge in [-0.1, -0.05) is 149 Å². The van der Waals surface area contributed by atoms with E-state index < -0.39 is 5.97 Å². The Hall–Kier alpha value is -3.93. The first kappa shape index (κ1) is 48.1. The summed E-state index contributed by atoms with van der Waals surface area (Å²) in [6.45, 7) is 4.04. The summed E-state index contributed by atoms with van der Waals surface area (Å²) in [5.41, 5.74) is 0. The van der Waals surface area contributed by atoms with Gasteiger partial charge in [0.2, 0.25) is 5.91 Å². The zero-order valence-electron chi connectivity index (χ0n) is 32.6. The van der Waals surface area contributed by atoms with E-state index in [1.54, 1.807) is 0 Å². The van der Waals surface area contributed by atoms with Gasteiger partial charge in [-0.15, -0.1) is 0 Å². The largest absolute Gasteiger partial charge is 0.480 e. The topological polar surface area (TPSA) is 92.7 Å². The molecule has 0 spiro atoms. The SMILES string of the molecule is CC/C=C\C/C=C\C/C=C\C/C=C\C/C=C\C/C=C\CCC(=O)OC(/C=C\C/C=C\C/C=C\CCCCC)CCCCCCCC(=O)NCC(=O)O. The third-order valence-corrected chi connectivity index (χ3v) is 7.93. The number of hydrogen-bond donors (Lipinski definition) is 2. The molecule has 0 heterocycles. The lowest BCUT2D eigenvalue weighted by atomic mass is 10.1. The van der Waals surface area contributed by atoms with Gasteiger partial charge in [0.05, 0.1) is 0 Å². The number of ether oxygens (including phenoxy) is 1. The molecule has 0 bridgehead atoms. The van der Waals surface area contributed by atoms with Crippen LogP contribution in [-0.4, -0.2) is 35.6 Å². The third-order valence-electron chi connectivity index (χ3n) is 7.93. The molecule has 6 nitrogen and oxygen atoms in total. The molecule has 0 aliphatic rings.